The maximum Gasteiger partial charge on any atom is 0.254 e. The standard InChI is InChI=1S/C21H22N2O3/c1-2-14-22(15-16-6-4-3-5-7-16)21(26)17-8-10-18(11-9-17)23-19(24)12-13-20(23)25/h3-11H,2,12-15H2,1H3. The minimum Gasteiger partial charge on any atom is -0.334 e. The zero-order valence-electron chi connectivity index (χ0n) is 14.9. The molecule has 5 heteroatoms. The van der Waals surface area contributed by atoms with Crippen molar-refractivity contribution in [1.29, 1.82) is 0 Å². The van der Waals surface area contributed by atoms with E-state index in [1.165, 1.54) is 4.90 Å². The van der Waals surface area contributed by atoms with Gasteiger partial charge in [0.1, 0.15) is 0 Å². The summed E-state index contributed by atoms with van der Waals surface area (Å²) in [6.07, 6.45) is 1.37. The molecule has 0 saturated carbocycles. The molecule has 0 atom stereocenters. The fraction of sp³-hybridized carbons (Fsp3) is 0.286. The van der Waals surface area contributed by atoms with E-state index in [9.17, 15) is 14.4 Å². The van der Waals surface area contributed by atoms with Crippen LogP contribution in [0.4, 0.5) is 5.69 Å². The highest BCUT2D eigenvalue weighted by Crippen LogP contribution is 2.23. The first-order valence-electron chi connectivity index (χ1n) is 8.89. The highest BCUT2D eigenvalue weighted by Gasteiger charge is 2.30. The van der Waals surface area contributed by atoms with Gasteiger partial charge < -0.3 is 4.90 Å². The van der Waals surface area contributed by atoms with Gasteiger partial charge in [0.2, 0.25) is 11.8 Å². The van der Waals surface area contributed by atoms with E-state index < -0.39 is 0 Å². The van der Waals surface area contributed by atoms with Crippen molar-refractivity contribution in [2.75, 3.05) is 11.4 Å². The van der Waals surface area contributed by atoms with E-state index >= 15 is 0 Å². The molecular formula is C21H22N2O3. The molecule has 5 nitrogen and oxygen atoms in total. The predicted molar refractivity (Wildman–Crippen MR) is 99.6 cm³/mol. The molecule has 0 spiro atoms. The fourth-order valence-electron chi connectivity index (χ4n) is 3.13. The minimum atomic E-state index is -0.189. The lowest BCUT2D eigenvalue weighted by molar-refractivity contribution is -0.121. The molecule has 26 heavy (non-hydrogen) atoms. The molecule has 1 fully saturated rings. The van der Waals surface area contributed by atoms with Crippen LogP contribution in [0.1, 0.15) is 42.1 Å². The van der Waals surface area contributed by atoms with Gasteiger partial charge in [-0.15, -0.1) is 0 Å². The van der Waals surface area contributed by atoms with Gasteiger partial charge in [-0.05, 0) is 36.2 Å². The number of rotatable bonds is 6. The third-order valence-electron chi connectivity index (χ3n) is 4.42. The van der Waals surface area contributed by atoms with Crippen molar-refractivity contribution in [1.82, 2.24) is 4.90 Å². The number of benzene rings is 2. The van der Waals surface area contributed by atoms with E-state index in [2.05, 4.69) is 0 Å². The number of hydrogen-bond donors (Lipinski definition) is 0. The second-order valence-electron chi connectivity index (χ2n) is 6.38. The molecule has 3 rings (SSSR count). The molecule has 2 aromatic carbocycles. The number of nitrogens with zero attached hydrogens (tertiary/aromatic N) is 2. The molecule has 2 aromatic rings. The number of carbonyl (C=O) groups is 3. The molecule has 0 N–H and O–H groups in total. The predicted octanol–water partition coefficient (Wildman–Crippen LogP) is 3.39. The number of imide groups is 1. The zero-order valence-corrected chi connectivity index (χ0v) is 14.9. The van der Waals surface area contributed by atoms with Crippen LogP contribution in [-0.2, 0) is 16.1 Å². The number of hydrogen-bond acceptors (Lipinski definition) is 3. The Hall–Kier alpha value is -2.95. The normalized spacial score (nSPS) is 14.0. The molecular weight excluding hydrogens is 328 g/mol. The van der Waals surface area contributed by atoms with E-state index in [1.54, 1.807) is 24.3 Å². The molecule has 1 aliphatic rings. The maximum absolute atomic E-state index is 12.9. The van der Waals surface area contributed by atoms with E-state index in [4.69, 9.17) is 0 Å². The van der Waals surface area contributed by atoms with Crippen LogP contribution >= 0.6 is 0 Å². The van der Waals surface area contributed by atoms with Crippen molar-refractivity contribution >= 4 is 23.4 Å². The highest BCUT2D eigenvalue weighted by atomic mass is 16.2. The Morgan fingerprint density at radius 1 is 0.962 bits per heavy atom. The first-order valence-corrected chi connectivity index (χ1v) is 8.89. The first kappa shape index (κ1) is 17.9. The third kappa shape index (κ3) is 3.82. The van der Waals surface area contributed by atoms with Crippen LogP contribution < -0.4 is 4.90 Å². The Bertz CT molecular complexity index is 784. The van der Waals surface area contributed by atoms with Gasteiger partial charge in [-0.25, -0.2) is 0 Å². The van der Waals surface area contributed by atoms with Gasteiger partial charge in [-0.3, -0.25) is 19.3 Å². The highest BCUT2D eigenvalue weighted by molar-refractivity contribution is 6.19. The quantitative estimate of drug-likeness (QED) is 0.751. The monoisotopic (exact) mass is 350 g/mol. The molecule has 1 aliphatic heterocycles. The average molecular weight is 350 g/mol. The van der Waals surface area contributed by atoms with Gasteiger partial charge in [0.25, 0.3) is 5.91 Å². The Morgan fingerprint density at radius 2 is 1.58 bits per heavy atom. The molecule has 134 valence electrons. The molecule has 0 bridgehead atoms. The van der Waals surface area contributed by atoms with Crippen LogP contribution in [0.2, 0.25) is 0 Å². The van der Waals surface area contributed by atoms with Gasteiger partial charge in [0.05, 0.1) is 5.69 Å². The van der Waals surface area contributed by atoms with Crippen LogP contribution in [0.15, 0.2) is 54.6 Å². The summed E-state index contributed by atoms with van der Waals surface area (Å²) in [5.74, 6) is -0.433. The average Bonchev–Trinajstić information content (AvgIpc) is 3.00. The smallest absolute Gasteiger partial charge is 0.254 e. The molecule has 0 aromatic heterocycles. The third-order valence-corrected chi connectivity index (χ3v) is 4.42. The first-order chi connectivity index (χ1) is 12.6. The van der Waals surface area contributed by atoms with Crippen molar-refractivity contribution < 1.29 is 14.4 Å². The van der Waals surface area contributed by atoms with E-state index in [0.717, 1.165) is 12.0 Å². The molecule has 1 heterocycles. The van der Waals surface area contributed by atoms with Crippen LogP contribution in [0.25, 0.3) is 0 Å². The molecule has 1 saturated heterocycles. The van der Waals surface area contributed by atoms with Crippen molar-refractivity contribution in [3.63, 3.8) is 0 Å². The fourth-order valence-corrected chi connectivity index (χ4v) is 3.13. The van der Waals surface area contributed by atoms with Crippen molar-refractivity contribution in [3.8, 4) is 0 Å². The molecule has 3 amide bonds. The zero-order chi connectivity index (χ0) is 18.5. The van der Waals surface area contributed by atoms with E-state index in [0.29, 0.717) is 24.3 Å². The van der Waals surface area contributed by atoms with E-state index in [1.807, 2.05) is 42.2 Å². The largest absolute Gasteiger partial charge is 0.334 e. The maximum atomic E-state index is 12.9. The van der Waals surface area contributed by atoms with Crippen molar-refractivity contribution in [2.45, 2.75) is 32.7 Å². The summed E-state index contributed by atoms with van der Waals surface area (Å²) in [6, 6.07) is 16.6. The minimum absolute atomic E-state index is 0.0543. The van der Waals surface area contributed by atoms with Gasteiger partial charge in [-0.2, -0.15) is 0 Å². The Balaban J connectivity index is 1.77. The van der Waals surface area contributed by atoms with Crippen molar-refractivity contribution in [3.05, 3.63) is 65.7 Å². The van der Waals surface area contributed by atoms with Gasteiger partial charge in [0, 0.05) is 31.5 Å². The van der Waals surface area contributed by atoms with Crippen LogP contribution in [0.5, 0.6) is 0 Å². The second-order valence-corrected chi connectivity index (χ2v) is 6.38. The SMILES string of the molecule is CCCN(Cc1ccccc1)C(=O)c1ccc(N2C(=O)CCC2=O)cc1. The summed E-state index contributed by atoms with van der Waals surface area (Å²) < 4.78 is 0. The Morgan fingerprint density at radius 3 is 2.15 bits per heavy atom. The Kier molecular flexibility index (Phi) is 5.46. The van der Waals surface area contributed by atoms with Crippen molar-refractivity contribution in [2.24, 2.45) is 0 Å². The molecule has 0 aliphatic carbocycles. The summed E-state index contributed by atoms with van der Waals surface area (Å²) in [7, 11) is 0. The number of anilines is 1. The summed E-state index contributed by atoms with van der Waals surface area (Å²) >= 11 is 0. The molecule has 0 unspecified atom stereocenters. The molecule has 0 radical (unpaired) electrons. The van der Waals surface area contributed by atoms with Crippen LogP contribution in [0.3, 0.4) is 0 Å². The number of carbonyl (C=O) groups excluding carboxylic acids is 3. The van der Waals surface area contributed by atoms with Crippen LogP contribution in [-0.4, -0.2) is 29.2 Å². The lowest BCUT2D eigenvalue weighted by atomic mass is 10.1. The summed E-state index contributed by atoms with van der Waals surface area (Å²) in [5, 5.41) is 0. The Labute approximate surface area is 153 Å². The van der Waals surface area contributed by atoms with Crippen LogP contribution in [0, 0.1) is 0 Å². The second kappa shape index (κ2) is 7.95. The summed E-state index contributed by atoms with van der Waals surface area (Å²) in [5.41, 5.74) is 2.16. The van der Waals surface area contributed by atoms with Gasteiger partial charge >= 0.3 is 0 Å². The topological polar surface area (TPSA) is 57.7 Å². The lowest BCUT2D eigenvalue weighted by Gasteiger charge is -2.23. The van der Waals surface area contributed by atoms with E-state index in [-0.39, 0.29) is 30.6 Å². The van der Waals surface area contributed by atoms with Gasteiger partial charge in [0.15, 0.2) is 0 Å². The summed E-state index contributed by atoms with van der Waals surface area (Å²) in [6.45, 7) is 3.26. The summed E-state index contributed by atoms with van der Waals surface area (Å²) in [4.78, 5) is 39.6. The number of amides is 3. The van der Waals surface area contributed by atoms with Gasteiger partial charge in [-0.1, -0.05) is 37.3 Å². The lowest BCUT2D eigenvalue weighted by Crippen LogP contribution is -2.31.